The van der Waals surface area contributed by atoms with E-state index < -0.39 is 39.8 Å². The zero-order valence-corrected chi connectivity index (χ0v) is 18.7. The molecule has 0 saturated carbocycles. The van der Waals surface area contributed by atoms with Gasteiger partial charge in [0.1, 0.15) is 5.60 Å². The largest absolute Gasteiger partial charge is 0.442 e. The minimum atomic E-state index is -3.68. The van der Waals surface area contributed by atoms with E-state index in [2.05, 4.69) is 14.9 Å². The van der Waals surface area contributed by atoms with Gasteiger partial charge < -0.3 is 9.84 Å². The predicted molar refractivity (Wildman–Crippen MR) is 106 cm³/mol. The summed E-state index contributed by atoms with van der Waals surface area (Å²) in [6.45, 7) is 10.3. The van der Waals surface area contributed by atoms with Gasteiger partial charge in [0.05, 0.1) is 12.6 Å². The summed E-state index contributed by atoms with van der Waals surface area (Å²) in [5.41, 5.74) is 1.72. The van der Waals surface area contributed by atoms with Crippen LogP contribution in [0.15, 0.2) is 0 Å². The number of hydrazine groups is 1. The average molecular weight is 425 g/mol. The van der Waals surface area contributed by atoms with Gasteiger partial charge in [0.25, 0.3) is 10.2 Å². The first-order valence-corrected chi connectivity index (χ1v) is 10.9. The van der Waals surface area contributed by atoms with E-state index in [0.29, 0.717) is 6.42 Å². The van der Waals surface area contributed by atoms with Crippen molar-refractivity contribution in [3.05, 3.63) is 0 Å². The molecule has 4 N–H and O–H groups in total. The predicted octanol–water partition coefficient (Wildman–Crippen LogP) is 0.742. The molecule has 0 aliphatic rings. The summed E-state index contributed by atoms with van der Waals surface area (Å²) in [6.07, 6.45) is -0.661. The summed E-state index contributed by atoms with van der Waals surface area (Å²) in [6, 6.07) is 0. The van der Waals surface area contributed by atoms with E-state index in [-0.39, 0.29) is 25.4 Å². The maximum absolute atomic E-state index is 12.7. The maximum atomic E-state index is 12.7. The van der Waals surface area contributed by atoms with Crippen molar-refractivity contribution in [2.75, 3.05) is 20.1 Å². The Morgan fingerprint density at radius 1 is 1.21 bits per heavy atom. The van der Waals surface area contributed by atoms with Gasteiger partial charge in [-0.2, -0.15) is 8.42 Å². The Balaban J connectivity index is 5.25. The molecule has 0 unspecified atom stereocenters. The normalized spacial score (nSPS) is 14.5. The van der Waals surface area contributed by atoms with Gasteiger partial charge in [0.2, 0.25) is 5.91 Å². The molecule has 28 heavy (non-hydrogen) atoms. The molecule has 0 saturated heterocycles. The van der Waals surface area contributed by atoms with Crippen molar-refractivity contribution in [1.82, 2.24) is 19.9 Å². The Morgan fingerprint density at radius 3 is 2.21 bits per heavy atom. The van der Waals surface area contributed by atoms with E-state index in [4.69, 9.17) is 4.74 Å². The Labute approximate surface area is 168 Å². The van der Waals surface area contributed by atoms with Gasteiger partial charge in [-0.3, -0.25) is 10.2 Å². The molecule has 0 aliphatic heterocycles. The standard InChI is InChI=1S/C17H36N4O6S/c1-8-13(22)11-14(12(2)3)15(23)20-21(16(24)27-17(4,5)6)10-9-19-28(25,26)18-7/h12-14,18-19,22H,8-11H2,1-7H3,(H,20,23)/t13-,14-/m0/s1. The zero-order valence-electron chi connectivity index (χ0n) is 17.9. The van der Waals surface area contributed by atoms with Gasteiger partial charge in [-0.05, 0) is 39.5 Å². The topological polar surface area (TPSA) is 137 Å². The molecular weight excluding hydrogens is 388 g/mol. The van der Waals surface area contributed by atoms with Gasteiger partial charge in [0.15, 0.2) is 0 Å². The zero-order chi connectivity index (χ0) is 22.1. The molecule has 0 aromatic carbocycles. The summed E-state index contributed by atoms with van der Waals surface area (Å²) in [5, 5.41) is 10.9. The Hall–Kier alpha value is -1.43. The number of carbonyl (C=O) groups excluding carboxylic acids is 2. The van der Waals surface area contributed by atoms with Crippen LogP contribution in [0, 0.1) is 11.8 Å². The van der Waals surface area contributed by atoms with Gasteiger partial charge in [0, 0.05) is 19.5 Å². The van der Waals surface area contributed by atoms with Crippen molar-refractivity contribution in [2.24, 2.45) is 11.8 Å². The third-order valence-corrected chi connectivity index (χ3v) is 5.02. The second-order valence-electron chi connectivity index (χ2n) is 7.86. The van der Waals surface area contributed by atoms with E-state index in [9.17, 15) is 23.1 Å². The molecule has 0 aliphatic carbocycles. The molecule has 0 bridgehead atoms. The van der Waals surface area contributed by atoms with Crippen LogP contribution in [-0.2, 0) is 19.7 Å². The molecule has 0 aromatic heterocycles. The van der Waals surface area contributed by atoms with Crippen LogP contribution >= 0.6 is 0 Å². The number of carbonyl (C=O) groups is 2. The van der Waals surface area contributed by atoms with E-state index in [1.54, 1.807) is 20.8 Å². The first kappa shape index (κ1) is 26.6. The summed E-state index contributed by atoms with van der Waals surface area (Å²) in [5.74, 6) is -1.02. The van der Waals surface area contributed by atoms with Crippen molar-refractivity contribution in [1.29, 1.82) is 0 Å². The number of nitrogens with zero attached hydrogens (tertiary/aromatic N) is 1. The lowest BCUT2D eigenvalue weighted by atomic mass is 9.89. The lowest BCUT2D eigenvalue weighted by molar-refractivity contribution is -0.132. The van der Waals surface area contributed by atoms with Gasteiger partial charge in [-0.25, -0.2) is 19.2 Å². The Kier molecular flexibility index (Phi) is 11.0. The van der Waals surface area contributed by atoms with Crippen molar-refractivity contribution in [2.45, 2.75) is 66.1 Å². The van der Waals surface area contributed by atoms with Gasteiger partial charge in [-0.1, -0.05) is 20.8 Å². The molecule has 11 heteroatoms. The number of amides is 2. The van der Waals surface area contributed by atoms with Crippen LogP contribution in [0.1, 0.15) is 54.4 Å². The Morgan fingerprint density at radius 2 is 1.79 bits per heavy atom. The second-order valence-corrected chi connectivity index (χ2v) is 9.56. The van der Waals surface area contributed by atoms with Crippen LogP contribution < -0.4 is 14.9 Å². The molecule has 0 radical (unpaired) electrons. The maximum Gasteiger partial charge on any atom is 0.429 e. The highest BCUT2D eigenvalue weighted by Gasteiger charge is 2.29. The molecule has 0 heterocycles. The molecule has 2 atom stereocenters. The minimum Gasteiger partial charge on any atom is -0.442 e. The molecule has 2 amide bonds. The first-order valence-electron chi connectivity index (χ1n) is 9.39. The number of aliphatic hydroxyl groups is 1. The third kappa shape index (κ3) is 10.8. The van der Waals surface area contributed by atoms with Crippen molar-refractivity contribution >= 4 is 22.2 Å². The number of nitrogens with one attached hydrogen (secondary N) is 3. The molecule has 0 aromatic rings. The smallest absolute Gasteiger partial charge is 0.429 e. The fraction of sp³-hybridized carbons (Fsp3) is 0.882. The van der Waals surface area contributed by atoms with Gasteiger partial charge >= 0.3 is 6.09 Å². The van der Waals surface area contributed by atoms with Crippen LogP contribution in [0.3, 0.4) is 0 Å². The van der Waals surface area contributed by atoms with Crippen LogP contribution in [0.5, 0.6) is 0 Å². The third-order valence-electron chi connectivity index (χ3n) is 3.89. The lowest BCUT2D eigenvalue weighted by Gasteiger charge is -2.30. The highest BCUT2D eigenvalue weighted by Crippen LogP contribution is 2.19. The van der Waals surface area contributed by atoms with Crippen LogP contribution in [-0.4, -0.2) is 62.4 Å². The van der Waals surface area contributed by atoms with Crippen molar-refractivity contribution < 1.29 is 27.9 Å². The van der Waals surface area contributed by atoms with Gasteiger partial charge in [-0.15, -0.1) is 0 Å². The summed E-state index contributed by atoms with van der Waals surface area (Å²) in [7, 11) is -2.43. The monoisotopic (exact) mass is 424 g/mol. The van der Waals surface area contributed by atoms with Crippen LogP contribution in [0.4, 0.5) is 4.79 Å². The number of aliphatic hydroxyl groups excluding tert-OH is 1. The van der Waals surface area contributed by atoms with E-state index in [1.807, 2.05) is 20.8 Å². The average Bonchev–Trinajstić information content (AvgIpc) is 2.56. The van der Waals surface area contributed by atoms with E-state index >= 15 is 0 Å². The fourth-order valence-corrected chi connectivity index (χ4v) is 2.74. The fourth-order valence-electron chi connectivity index (χ4n) is 2.23. The molecule has 0 rings (SSSR count). The quantitative estimate of drug-likeness (QED) is 0.382. The number of ether oxygens (including phenoxy) is 1. The molecule has 166 valence electrons. The van der Waals surface area contributed by atoms with Crippen molar-refractivity contribution in [3.8, 4) is 0 Å². The highest BCUT2D eigenvalue weighted by atomic mass is 32.2. The minimum absolute atomic E-state index is 0.0653. The second kappa shape index (κ2) is 11.5. The van der Waals surface area contributed by atoms with Crippen LogP contribution in [0.2, 0.25) is 0 Å². The SMILES string of the molecule is CC[C@H](O)C[C@H](C(=O)NN(CCNS(=O)(=O)NC)C(=O)OC(C)(C)C)C(C)C. The number of rotatable bonds is 10. The van der Waals surface area contributed by atoms with E-state index in [1.165, 1.54) is 7.05 Å². The number of hydrogen-bond acceptors (Lipinski definition) is 6. The molecular formula is C17H36N4O6S. The lowest BCUT2D eigenvalue weighted by Crippen LogP contribution is -2.53. The first-order chi connectivity index (χ1) is 12.7. The summed E-state index contributed by atoms with van der Waals surface area (Å²) < 4.78 is 32.6. The molecule has 0 spiro atoms. The Bertz CT molecular complexity index is 603. The summed E-state index contributed by atoms with van der Waals surface area (Å²) >= 11 is 0. The molecule has 10 nitrogen and oxygen atoms in total. The highest BCUT2D eigenvalue weighted by molar-refractivity contribution is 7.87. The summed E-state index contributed by atoms with van der Waals surface area (Å²) in [4.78, 5) is 25.1. The van der Waals surface area contributed by atoms with E-state index in [0.717, 1.165) is 5.01 Å². The molecule has 0 fully saturated rings. The van der Waals surface area contributed by atoms with Crippen LogP contribution in [0.25, 0.3) is 0 Å². The number of hydrogen-bond donors (Lipinski definition) is 4. The van der Waals surface area contributed by atoms with Crippen molar-refractivity contribution in [3.63, 3.8) is 0 Å².